The standard InChI is InChI=1S/C26H28F4N4O4S/c1-4-16-11-18(20(27)13-22(16)33-39(3,36)37)15(2)31-25(35)17-5-6-21-19(12-17)23(34-7-9-38-10-8-34)14-24(32-21)26(28,29)30/h5-6,11-15,33H,4,7-10H2,1-3H3,(H,31,35)/t15-/m1/s1. The minimum absolute atomic E-state index is 0.0866. The van der Waals surface area contributed by atoms with Crippen LogP contribution in [0.15, 0.2) is 36.4 Å². The number of carbonyl (C=O) groups excluding carboxylic acids is 1. The maximum Gasteiger partial charge on any atom is 0.433 e. The van der Waals surface area contributed by atoms with Crippen LogP contribution in [0.3, 0.4) is 0 Å². The van der Waals surface area contributed by atoms with Gasteiger partial charge in [0.1, 0.15) is 11.5 Å². The molecular formula is C26H28F4N4O4S. The molecule has 4 rings (SSSR count). The summed E-state index contributed by atoms with van der Waals surface area (Å²) in [5.74, 6) is -1.27. The van der Waals surface area contributed by atoms with E-state index < -0.39 is 39.7 Å². The maximum absolute atomic E-state index is 14.9. The van der Waals surface area contributed by atoms with Gasteiger partial charge in [-0.2, -0.15) is 13.2 Å². The minimum atomic E-state index is -4.64. The third-order valence-corrected chi connectivity index (χ3v) is 6.99. The van der Waals surface area contributed by atoms with Gasteiger partial charge < -0.3 is 15.0 Å². The molecule has 0 saturated carbocycles. The Morgan fingerprint density at radius 1 is 1.15 bits per heavy atom. The summed E-state index contributed by atoms with van der Waals surface area (Å²) in [5.41, 5.74) is 0.344. The van der Waals surface area contributed by atoms with Gasteiger partial charge in [0.2, 0.25) is 10.0 Å². The molecule has 0 aliphatic carbocycles. The van der Waals surface area contributed by atoms with Crippen molar-refractivity contribution in [3.8, 4) is 0 Å². The summed E-state index contributed by atoms with van der Waals surface area (Å²) >= 11 is 0. The molecule has 1 saturated heterocycles. The van der Waals surface area contributed by atoms with Crippen molar-refractivity contribution in [1.29, 1.82) is 0 Å². The fraction of sp³-hybridized carbons (Fsp3) is 0.385. The lowest BCUT2D eigenvalue weighted by Crippen LogP contribution is -2.36. The third kappa shape index (κ3) is 6.59. The second kappa shape index (κ2) is 11.0. The molecule has 2 N–H and O–H groups in total. The number of aryl methyl sites for hydroxylation is 1. The van der Waals surface area contributed by atoms with E-state index in [0.29, 0.717) is 49.4 Å². The molecule has 8 nitrogen and oxygen atoms in total. The number of amides is 1. The first-order chi connectivity index (χ1) is 18.3. The average molecular weight is 569 g/mol. The van der Waals surface area contributed by atoms with Crippen LogP contribution in [0.25, 0.3) is 10.9 Å². The van der Waals surface area contributed by atoms with Crippen LogP contribution in [0.4, 0.5) is 28.9 Å². The van der Waals surface area contributed by atoms with Crippen LogP contribution in [0.2, 0.25) is 0 Å². The summed E-state index contributed by atoms with van der Waals surface area (Å²) in [6.45, 7) is 4.84. The highest BCUT2D eigenvalue weighted by Gasteiger charge is 2.34. The van der Waals surface area contributed by atoms with E-state index in [1.807, 2.05) is 0 Å². The summed E-state index contributed by atoms with van der Waals surface area (Å²) in [7, 11) is -3.62. The van der Waals surface area contributed by atoms with Crippen molar-refractivity contribution in [2.24, 2.45) is 0 Å². The number of hydrogen-bond donors (Lipinski definition) is 2. The molecule has 1 fully saturated rings. The number of rotatable bonds is 7. The van der Waals surface area contributed by atoms with E-state index in [-0.39, 0.29) is 22.3 Å². The lowest BCUT2D eigenvalue weighted by atomic mass is 10.0. The second-order valence-corrected chi connectivity index (χ2v) is 11.1. The number of pyridine rings is 1. The zero-order valence-electron chi connectivity index (χ0n) is 21.5. The highest BCUT2D eigenvalue weighted by atomic mass is 32.2. The average Bonchev–Trinajstić information content (AvgIpc) is 2.86. The van der Waals surface area contributed by atoms with Gasteiger partial charge in [-0.05, 0) is 55.3 Å². The molecule has 13 heteroatoms. The van der Waals surface area contributed by atoms with Crippen molar-refractivity contribution in [2.45, 2.75) is 32.5 Å². The molecule has 2 heterocycles. The van der Waals surface area contributed by atoms with E-state index in [4.69, 9.17) is 4.74 Å². The minimum Gasteiger partial charge on any atom is -0.378 e. The molecule has 1 atom stereocenters. The van der Waals surface area contributed by atoms with Gasteiger partial charge in [-0.3, -0.25) is 9.52 Å². The predicted molar refractivity (Wildman–Crippen MR) is 140 cm³/mol. The van der Waals surface area contributed by atoms with Crippen LogP contribution in [-0.2, 0) is 27.4 Å². The number of nitrogens with zero attached hydrogens (tertiary/aromatic N) is 2. The van der Waals surface area contributed by atoms with Gasteiger partial charge in [0, 0.05) is 35.3 Å². The van der Waals surface area contributed by atoms with E-state index in [2.05, 4.69) is 15.0 Å². The van der Waals surface area contributed by atoms with Gasteiger partial charge in [0.05, 0.1) is 36.7 Å². The predicted octanol–water partition coefficient (Wildman–Crippen LogP) is 4.65. The van der Waals surface area contributed by atoms with Gasteiger partial charge in [-0.25, -0.2) is 17.8 Å². The van der Waals surface area contributed by atoms with Crippen molar-refractivity contribution >= 4 is 38.2 Å². The molecule has 1 aliphatic rings. The number of nitrogens with one attached hydrogen (secondary N) is 2. The van der Waals surface area contributed by atoms with Gasteiger partial charge >= 0.3 is 6.18 Å². The number of ether oxygens (including phenoxy) is 1. The lowest BCUT2D eigenvalue weighted by Gasteiger charge is -2.30. The summed E-state index contributed by atoms with van der Waals surface area (Å²) in [4.78, 5) is 18.7. The van der Waals surface area contributed by atoms with Gasteiger partial charge in [0.25, 0.3) is 5.91 Å². The Kier molecular flexibility index (Phi) is 8.03. The van der Waals surface area contributed by atoms with Crippen LogP contribution in [0.5, 0.6) is 0 Å². The summed E-state index contributed by atoms with van der Waals surface area (Å²) < 4.78 is 86.4. The normalized spacial score (nSPS) is 15.3. The van der Waals surface area contributed by atoms with E-state index in [0.717, 1.165) is 18.4 Å². The fourth-order valence-corrected chi connectivity index (χ4v) is 5.06. The SMILES string of the molecule is CCc1cc([C@@H](C)NC(=O)c2ccc3nc(C(F)(F)F)cc(N4CCOCC4)c3c2)c(F)cc1NS(C)(=O)=O. The van der Waals surface area contributed by atoms with Crippen molar-refractivity contribution in [2.75, 3.05) is 42.2 Å². The number of sulfonamides is 1. The molecule has 0 radical (unpaired) electrons. The third-order valence-electron chi connectivity index (χ3n) is 6.40. The highest BCUT2D eigenvalue weighted by Crippen LogP contribution is 2.35. The second-order valence-electron chi connectivity index (χ2n) is 9.31. The Hall–Kier alpha value is -3.45. The number of halogens is 4. The first kappa shape index (κ1) is 28.6. The number of morpholine rings is 1. The molecule has 39 heavy (non-hydrogen) atoms. The molecule has 1 aromatic heterocycles. The number of carbonyl (C=O) groups is 1. The maximum atomic E-state index is 14.9. The van der Waals surface area contributed by atoms with Crippen molar-refractivity contribution in [1.82, 2.24) is 10.3 Å². The molecule has 3 aromatic rings. The monoisotopic (exact) mass is 568 g/mol. The number of benzene rings is 2. The van der Waals surface area contributed by atoms with Crippen LogP contribution in [-0.4, -0.2) is 51.9 Å². The van der Waals surface area contributed by atoms with E-state index in [9.17, 15) is 30.8 Å². The van der Waals surface area contributed by atoms with Crippen LogP contribution in [0.1, 0.15) is 47.1 Å². The summed E-state index contributed by atoms with van der Waals surface area (Å²) in [6, 6.07) is 6.95. The molecule has 1 amide bonds. The van der Waals surface area contributed by atoms with E-state index >= 15 is 0 Å². The van der Waals surface area contributed by atoms with Crippen molar-refractivity contribution in [3.63, 3.8) is 0 Å². The Labute approximate surface area is 223 Å². The largest absolute Gasteiger partial charge is 0.433 e. The number of fused-ring (bicyclic) bond motifs is 1. The van der Waals surface area contributed by atoms with Gasteiger partial charge in [-0.15, -0.1) is 0 Å². The van der Waals surface area contributed by atoms with Crippen LogP contribution >= 0.6 is 0 Å². The first-order valence-electron chi connectivity index (χ1n) is 12.2. The fourth-order valence-electron chi connectivity index (χ4n) is 4.47. The smallest absolute Gasteiger partial charge is 0.378 e. The van der Waals surface area contributed by atoms with E-state index in [1.54, 1.807) is 18.7 Å². The molecular weight excluding hydrogens is 540 g/mol. The molecule has 0 bridgehead atoms. The molecule has 0 unspecified atom stereocenters. The van der Waals surface area contributed by atoms with Crippen molar-refractivity contribution in [3.05, 3.63) is 64.6 Å². The Morgan fingerprint density at radius 3 is 2.46 bits per heavy atom. The van der Waals surface area contributed by atoms with Crippen molar-refractivity contribution < 1.29 is 35.5 Å². The topological polar surface area (TPSA) is 101 Å². The van der Waals surface area contributed by atoms with Gasteiger partial charge in [0.15, 0.2) is 0 Å². The number of hydrogen-bond acceptors (Lipinski definition) is 6. The van der Waals surface area contributed by atoms with Crippen LogP contribution < -0.4 is 14.9 Å². The quantitative estimate of drug-likeness (QED) is 0.403. The number of alkyl halides is 3. The zero-order valence-corrected chi connectivity index (χ0v) is 22.3. The first-order valence-corrected chi connectivity index (χ1v) is 14.1. The van der Waals surface area contributed by atoms with E-state index in [1.165, 1.54) is 24.3 Å². The Morgan fingerprint density at radius 2 is 1.85 bits per heavy atom. The molecule has 1 aliphatic heterocycles. The summed E-state index contributed by atoms with van der Waals surface area (Å²) in [6.07, 6.45) is -3.27. The Bertz CT molecular complexity index is 1510. The molecule has 210 valence electrons. The summed E-state index contributed by atoms with van der Waals surface area (Å²) in [5, 5.41) is 3.10. The molecule has 0 spiro atoms. The lowest BCUT2D eigenvalue weighted by molar-refractivity contribution is -0.140. The number of aromatic nitrogens is 1. The number of anilines is 2. The van der Waals surface area contributed by atoms with Gasteiger partial charge in [-0.1, -0.05) is 6.92 Å². The van der Waals surface area contributed by atoms with Crippen LogP contribution in [0, 0.1) is 5.82 Å². The molecule has 2 aromatic carbocycles. The Balaban J connectivity index is 1.66. The zero-order chi connectivity index (χ0) is 28.5. The highest BCUT2D eigenvalue weighted by molar-refractivity contribution is 7.92.